The number of hydrogen-bond acceptors (Lipinski definition) is 4. The van der Waals surface area contributed by atoms with Crippen LogP contribution in [0.2, 0.25) is 0 Å². The Hall–Kier alpha value is -0.710. The molecule has 1 aromatic carbocycles. The lowest BCUT2D eigenvalue weighted by molar-refractivity contribution is 0.145. The summed E-state index contributed by atoms with van der Waals surface area (Å²) in [6.07, 6.45) is 0. The topological polar surface area (TPSA) is 30.5 Å². The largest absolute Gasteiger partial charge is 0.491 e. The van der Waals surface area contributed by atoms with Gasteiger partial charge in [0.15, 0.2) is 0 Å². The minimum absolute atomic E-state index is 0.331. The van der Waals surface area contributed by atoms with Crippen LogP contribution in [-0.4, -0.2) is 38.4 Å². The Bertz CT molecular complexity index is 385. The van der Waals surface area contributed by atoms with E-state index in [1.54, 1.807) is 7.11 Å². The van der Waals surface area contributed by atoms with Gasteiger partial charge in [0, 0.05) is 24.5 Å². The van der Waals surface area contributed by atoms with Crippen LogP contribution in [0.1, 0.15) is 32.4 Å². The Morgan fingerprint density at radius 3 is 2.57 bits per heavy atom. The molecule has 0 spiro atoms. The molecule has 120 valence electrons. The maximum atomic E-state index is 5.86. The van der Waals surface area contributed by atoms with Gasteiger partial charge < -0.3 is 14.8 Å². The lowest BCUT2D eigenvalue weighted by Crippen LogP contribution is -2.24. The monoisotopic (exact) mass is 311 g/mol. The van der Waals surface area contributed by atoms with E-state index >= 15 is 0 Å². The van der Waals surface area contributed by atoms with Gasteiger partial charge in [-0.15, -0.1) is 0 Å². The summed E-state index contributed by atoms with van der Waals surface area (Å²) in [6, 6.07) is 8.64. The van der Waals surface area contributed by atoms with E-state index in [-0.39, 0.29) is 0 Å². The molecular weight excluding hydrogens is 282 g/mol. The molecule has 1 atom stereocenters. The molecule has 0 saturated carbocycles. The molecule has 21 heavy (non-hydrogen) atoms. The highest BCUT2D eigenvalue weighted by Gasteiger charge is 2.15. The lowest BCUT2D eigenvalue weighted by Gasteiger charge is -2.21. The molecule has 1 unspecified atom stereocenters. The van der Waals surface area contributed by atoms with E-state index in [4.69, 9.17) is 9.47 Å². The quantitative estimate of drug-likeness (QED) is 0.631. The number of benzene rings is 1. The summed E-state index contributed by atoms with van der Waals surface area (Å²) in [6.45, 7) is 8.83. The van der Waals surface area contributed by atoms with Crippen molar-refractivity contribution in [2.45, 2.75) is 26.8 Å². The highest BCUT2D eigenvalue weighted by molar-refractivity contribution is 7.99. The predicted octanol–water partition coefficient (Wildman–Crippen LogP) is 3.75. The smallest absolute Gasteiger partial charge is 0.124 e. The van der Waals surface area contributed by atoms with Crippen molar-refractivity contribution in [1.82, 2.24) is 5.32 Å². The van der Waals surface area contributed by atoms with Crippen LogP contribution in [0.3, 0.4) is 0 Å². The molecular formula is C17H29NO2S. The van der Waals surface area contributed by atoms with Gasteiger partial charge in [0.2, 0.25) is 0 Å². The summed E-state index contributed by atoms with van der Waals surface area (Å²) in [7, 11) is 1.69. The zero-order chi connectivity index (χ0) is 15.5. The molecule has 0 amide bonds. The molecule has 3 nitrogen and oxygen atoms in total. The summed E-state index contributed by atoms with van der Waals surface area (Å²) in [5, 5.41) is 3.57. The van der Waals surface area contributed by atoms with Crippen LogP contribution < -0.4 is 10.1 Å². The molecule has 0 fully saturated rings. The summed E-state index contributed by atoms with van der Waals surface area (Å²) in [5.74, 6) is 3.95. The molecule has 0 aliphatic carbocycles. The van der Waals surface area contributed by atoms with Gasteiger partial charge in [0.1, 0.15) is 12.4 Å². The van der Waals surface area contributed by atoms with Crippen molar-refractivity contribution in [3.8, 4) is 5.75 Å². The van der Waals surface area contributed by atoms with E-state index in [0.717, 1.165) is 24.0 Å². The minimum atomic E-state index is 0.331. The fourth-order valence-electron chi connectivity index (χ4n) is 2.06. The number of nitrogens with one attached hydrogen (secondary N) is 1. The SMILES string of the molecule is CCNC(CSCC(C)C)c1ccccc1OCCOC. The standard InChI is InChI=1S/C17H29NO2S/c1-5-18-16(13-21-12-14(2)3)15-8-6-7-9-17(15)20-11-10-19-4/h6-9,14,16,18H,5,10-13H2,1-4H3. The average molecular weight is 311 g/mol. The second-order valence-electron chi connectivity index (χ2n) is 5.42. The van der Waals surface area contributed by atoms with E-state index in [1.807, 2.05) is 23.9 Å². The Balaban J connectivity index is 2.71. The number of rotatable bonds is 11. The van der Waals surface area contributed by atoms with E-state index in [2.05, 4.69) is 38.2 Å². The minimum Gasteiger partial charge on any atom is -0.491 e. The van der Waals surface area contributed by atoms with Crippen LogP contribution in [0, 0.1) is 5.92 Å². The third-order valence-electron chi connectivity index (χ3n) is 3.03. The molecule has 0 bridgehead atoms. The fraction of sp³-hybridized carbons (Fsp3) is 0.647. The zero-order valence-electron chi connectivity index (χ0n) is 13.7. The van der Waals surface area contributed by atoms with Gasteiger partial charge in [-0.25, -0.2) is 0 Å². The molecule has 1 rings (SSSR count). The van der Waals surface area contributed by atoms with Crippen molar-refractivity contribution in [3.63, 3.8) is 0 Å². The number of ether oxygens (including phenoxy) is 2. The first-order valence-corrected chi connectivity index (χ1v) is 8.86. The van der Waals surface area contributed by atoms with Crippen LogP contribution in [0.5, 0.6) is 5.75 Å². The maximum absolute atomic E-state index is 5.86. The molecule has 0 saturated heterocycles. The Morgan fingerprint density at radius 1 is 1.14 bits per heavy atom. The normalized spacial score (nSPS) is 12.6. The van der Waals surface area contributed by atoms with Crippen LogP contribution in [0.4, 0.5) is 0 Å². The molecule has 1 aromatic rings. The predicted molar refractivity (Wildman–Crippen MR) is 92.4 cm³/mol. The van der Waals surface area contributed by atoms with Gasteiger partial charge in [-0.05, 0) is 24.3 Å². The fourth-order valence-corrected chi connectivity index (χ4v) is 3.20. The number of para-hydroxylation sites is 1. The lowest BCUT2D eigenvalue weighted by atomic mass is 10.1. The highest BCUT2D eigenvalue weighted by atomic mass is 32.2. The first-order valence-electron chi connectivity index (χ1n) is 7.70. The second kappa shape index (κ2) is 10.9. The number of hydrogen-bond donors (Lipinski definition) is 1. The van der Waals surface area contributed by atoms with Crippen molar-refractivity contribution in [2.24, 2.45) is 5.92 Å². The summed E-state index contributed by atoms with van der Waals surface area (Å²) in [5.41, 5.74) is 1.24. The van der Waals surface area contributed by atoms with E-state index in [9.17, 15) is 0 Å². The van der Waals surface area contributed by atoms with Crippen LogP contribution in [-0.2, 0) is 4.74 Å². The van der Waals surface area contributed by atoms with Crippen LogP contribution in [0.15, 0.2) is 24.3 Å². The Kier molecular flexibility index (Phi) is 9.55. The van der Waals surface area contributed by atoms with Crippen molar-refractivity contribution < 1.29 is 9.47 Å². The van der Waals surface area contributed by atoms with Crippen molar-refractivity contribution in [2.75, 3.05) is 38.4 Å². The summed E-state index contributed by atoms with van der Waals surface area (Å²) < 4.78 is 10.9. The average Bonchev–Trinajstić information content (AvgIpc) is 2.47. The van der Waals surface area contributed by atoms with Crippen molar-refractivity contribution >= 4 is 11.8 Å². The third-order valence-corrected chi connectivity index (χ3v) is 4.50. The van der Waals surface area contributed by atoms with E-state index < -0.39 is 0 Å². The molecule has 0 heterocycles. The molecule has 4 heteroatoms. The highest BCUT2D eigenvalue weighted by Crippen LogP contribution is 2.28. The van der Waals surface area contributed by atoms with Gasteiger partial charge in [-0.1, -0.05) is 39.0 Å². The van der Waals surface area contributed by atoms with E-state index in [1.165, 1.54) is 11.3 Å². The first kappa shape index (κ1) is 18.3. The Labute approximate surface area is 133 Å². The molecule has 1 N–H and O–H groups in total. The van der Waals surface area contributed by atoms with Gasteiger partial charge in [0.25, 0.3) is 0 Å². The molecule has 0 radical (unpaired) electrons. The van der Waals surface area contributed by atoms with Crippen molar-refractivity contribution in [3.05, 3.63) is 29.8 Å². The molecule has 0 aromatic heterocycles. The van der Waals surface area contributed by atoms with Gasteiger partial charge in [-0.2, -0.15) is 11.8 Å². The number of thioether (sulfide) groups is 1. The Morgan fingerprint density at radius 2 is 1.90 bits per heavy atom. The van der Waals surface area contributed by atoms with Gasteiger partial charge in [0.05, 0.1) is 6.61 Å². The van der Waals surface area contributed by atoms with Gasteiger partial charge >= 0.3 is 0 Å². The zero-order valence-corrected chi connectivity index (χ0v) is 14.5. The summed E-state index contributed by atoms with van der Waals surface area (Å²) >= 11 is 2.00. The van der Waals surface area contributed by atoms with Crippen LogP contribution in [0.25, 0.3) is 0 Å². The maximum Gasteiger partial charge on any atom is 0.124 e. The third kappa shape index (κ3) is 7.21. The first-order chi connectivity index (χ1) is 10.2. The van der Waals surface area contributed by atoms with Crippen molar-refractivity contribution in [1.29, 1.82) is 0 Å². The van der Waals surface area contributed by atoms with Gasteiger partial charge in [-0.3, -0.25) is 0 Å². The second-order valence-corrected chi connectivity index (χ2v) is 6.50. The number of methoxy groups -OCH3 is 1. The summed E-state index contributed by atoms with van der Waals surface area (Å²) in [4.78, 5) is 0. The van der Waals surface area contributed by atoms with E-state index in [0.29, 0.717) is 19.3 Å². The van der Waals surface area contributed by atoms with Crippen LogP contribution >= 0.6 is 11.8 Å². The molecule has 0 aliphatic heterocycles. The molecule has 0 aliphatic rings.